The largest absolute Gasteiger partial charge is 0.469 e. The van der Waals surface area contributed by atoms with Crippen LogP contribution in [0.1, 0.15) is 12.2 Å². The van der Waals surface area contributed by atoms with Gasteiger partial charge in [0.25, 0.3) is 0 Å². The van der Waals surface area contributed by atoms with Crippen molar-refractivity contribution in [3.05, 3.63) is 24.2 Å². The molecular weight excluding hydrogens is 194 g/mol. The van der Waals surface area contributed by atoms with Crippen molar-refractivity contribution in [2.45, 2.75) is 12.8 Å². The van der Waals surface area contributed by atoms with E-state index in [1.807, 2.05) is 17.0 Å². The van der Waals surface area contributed by atoms with Gasteiger partial charge in [-0.05, 0) is 12.1 Å². The summed E-state index contributed by atoms with van der Waals surface area (Å²) in [5.41, 5.74) is 0. The van der Waals surface area contributed by atoms with Crippen LogP contribution in [0.25, 0.3) is 0 Å². The molecule has 1 saturated heterocycles. The Morgan fingerprint density at radius 3 is 2.87 bits per heavy atom. The fraction of sp³-hybridized carbons (Fsp3) is 0.545. The lowest BCUT2D eigenvalue weighted by Crippen LogP contribution is -2.40. The predicted molar refractivity (Wildman–Crippen MR) is 54.4 cm³/mol. The lowest BCUT2D eigenvalue weighted by molar-refractivity contribution is -0.135. The molecule has 1 fully saturated rings. The van der Waals surface area contributed by atoms with Crippen LogP contribution in [-0.4, -0.2) is 37.1 Å². The number of amides is 1. The lowest BCUT2D eigenvalue weighted by atomic mass is 10.2. The SMILES string of the molecule is O=C(CCc1ccco1)N1CCOCC1. The van der Waals surface area contributed by atoms with Crippen molar-refractivity contribution < 1.29 is 13.9 Å². The highest BCUT2D eigenvalue weighted by Gasteiger charge is 2.16. The Kier molecular flexibility index (Phi) is 3.40. The van der Waals surface area contributed by atoms with E-state index in [-0.39, 0.29) is 5.91 Å². The molecule has 2 heterocycles. The highest BCUT2D eigenvalue weighted by atomic mass is 16.5. The second-order valence-electron chi connectivity index (χ2n) is 3.57. The molecule has 1 aliphatic heterocycles. The van der Waals surface area contributed by atoms with Crippen molar-refractivity contribution >= 4 is 5.91 Å². The number of carbonyl (C=O) groups excluding carboxylic acids is 1. The Hall–Kier alpha value is -1.29. The van der Waals surface area contributed by atoms with Crippen LogP contribution in [0.3, 0.4) is 0 Å². The number of hydrogen-bond donors (Lipinski definition) is 0. The van der Waals surface area contributed by atoms with E-state index in [1.54, 1.807) is 6.26 Å². The minimum absolute atomic E-state index is 0.190. The number of aryl methyl sites for hydroxylation is 1. The van der Waals surface area contributed by atoms with Gasteiger partial charge < -0.3 is 14.1 Å². The molecule has 1 aliphatic rings. The van der Waals surface area contributed by atoms with Crippen LogP contribution in [0.2, 0.25) is 0 Å². The highest BCUT2D eigenvalue weighted by Crippen LogP contribution is 2.06. The van der Waals surface area contributed by atoms with E-state index in [9.17, 15) is 4.79 Å². The van der Waals surface area contributed by atoms with E-state index in [1.165, 1.54) is 0 Å². The summed E-state index contributed by atoms with van der Waals surface area (Å²) in [7, 11) is 0. The Balaban J connectivity index is 1.76. The van der Waals surface area contributed by atoms with Crippen molar-refractivity contribution in [3.63, 3.8) is 0 Å². The molecule has 15 heavy (non-hydrogen) atoms. The molecule has 1 aromatic heterocycles. The molecule has 4 heteroatoms. The van der Waals surface area contributed by atoms with Crippen LogP contribution in [0.15, 0.2) is 22.8 Å². The molecule has 0 saturated carbocycles. The van der Waals surface area contributed by atoms with Gasteiger partial charge in [-0.2, -0.15) is 0 Å². The van der Waals surface area contributed by atoms with Gasteiger partial charge in [0.2, 0.25) is 5.91 Å². The maximum Gasteiger partial charge on any atom is 0.223 e. The van der Waals surface area contributed by atoms with Gasteiger partial charge in [-0.25, -0.2) is 0 Å². The molecule has 0 bridgehead atoms. The van der Waals surface area contributed by atoms with E-state index < -0.39 is 0 Å². The van der Waals surface area contributed by atoms with E-state index in [4.69, 9.17) is 9.15 Å². The van der Waals surface area contributed by atoms with Crippen LogP contribution in [0.5, 0.6) is 0 Å². The smallest absolute Gasteiger partial charge is 0.223 e. The molecule has 0 unspecified atom stereocenters. The van der Waals surface area contributed by atoms with Gasteiger partial charge in [0.15, 0.2) is 0 Å². The molecule has 0 aliphatic carbocycles. The van der Waals surface area contributed by atoms with Crippen molar-refractivity contribution in [1.29, 1.82) is 0 Å². The van der Waals surface area contributed by atoms with Gasteiger partial charge in [-0.1, -0.05) is 0 Å². The third-order valence-corrected chi connectivity index (χ3v) is 2.53. The monoisotopic (exact) mass is 209 g/mol. The van der Waals surface area contributed by atoms with E-state index in [0.29, 0.717) is 26.1 Å². The molecule has 1 aromatic rings. The number of rotatable bonds is 3. The maximum atomic E-state index is 11.7. The standard InChI is InChI=1S/C11H15NO3/c13-11(12-5-8-14-9-6-12)4-3-10-2-1-7-15-10/h1-2,7H,3-6,8-9H2. The van der Waals surface area contributed by atoms with Gasteiger partial charge in [0, 0.05) is 25.9 Å². The van der Waals surface area contributed by atoms with Crippen molar-refractivity contribution in [3.8, 4) is 0 Å². The highest BCUT2D eigenvalue weighted by molar-refractivity contribution is 5.76. The van der Waals surface area contributed by atoms with Crippen molar-refractivity contribution in [2.24, 2.45) is 0 Å². The number of ether oxygens (including phenoxy) is 1. The summed E-state index contributed by atoms with van der Waals surface area (Å²) in [5, 5.41) is 0. The fourth-order valence-corrected chi connectivity index (χ4v) is 1.66. The van der Waals surface area contributed by atoms with Crippen molar-refractivity contribution in [2.75, 3.05) is 26.3 Å². The second-order valence-corrected chi connectivity index (χ2v) is 3.57. The molecule has 4 nitrogen and oxygen atoms in total. The number of furan rings is 1. The van der Waals surface area contributed by atoms with Crippen molar-refractivity contribution in [1.82, 2.24) is 4.90 Å². The fourth-order valence-electron chi connectivity index (χ4n) is 1.66. The molecule has 82 valence electrons. The Bertz CT molecular complexity index is 302. The molecule has 0 N–H and O–H groups in total. The third-order valence-electron chi connectivity index (χ3n) is 2.53. The zero-order chi connectivity index (χ0) is 10.5. The Morgan fingerprint density at radius 2 is 2.20 bits per heavy atom. The summed E-state index contributed by atoms with van der Waals surface area (Å²) >= 11 is 0. The molecule has 0 aromatic carbocycles. The normalized spacial score (nSPS) is 16.7. The summed E-state index contributed by atoms with van der Waals surface area (Å²) < 4.78 is 10.4. The summed E-state index contributed by atoms with van der Waals surface area (Å²) in [6.45, 7) is 2.76. The van der Waals surface area contributed by atoms with Gasteiger partial charge in [0.1, 0.15) is 5.76 Å². The number of hydrogen-bond acceptors (Lipinski definition) is 3. The molecule has 1 amide bonds. The molecule has 2 rings (SSSR count). The lowest BCUT2D eigenvalue weighted by Gasteiger charge is -2.26. The average Bonchev–Trinajstić information content (AvgIpc) is 2.80. The molecule has 0 radical (unpaired) electrons. The first-order valence-electron chi connectivity index (χ1n) is 5.24. The van der Waals surface area contributed by atoms with Crippen LogP contribution in [0.4, 0.5) is 0 Å². The van der Waals surface area contributed by atoms with Crippen LogP contribution in [-0.2, 0) is 16.0 Å². The van der Waals surface area contributed by atoms with E-state index in [2.05, 4.69) is 0 Å². The van der Waals surface area contributed by atoms with E-state index in [0.717, 1.165) is 18.8 Å². The van der Waals surface area contributed by atoms with Gasteiger partial charge in [-0.3, -0.25) is 4.79 Å². The maximum absolute atomic E-state index is 11.7. The summed E-state index contributed by atoms with van der Waals surface area (Å²) in [4.78, 5) is 13.6. The van der Waals surface area contributed by atoms with Crippen LogP contribution < -0.4 is 0 Å². The first kappa shape index (κ1) is 10.2. The summed E-state index contributed by atoms with van der Waals surface area (Å²) in [6.07, 6.45) is 2.84. The second kappa shape index (κ2) is 4.98. The Morgan fingerprint density at radius 1 is 1.40 bits per heavy atom. The van der Waals surface area contributed by atoms with Crippen LogP contribution >= 0.6 is 0 Å². The first-order chi connectivity index (χ1) is 7.36. The van der Waals surface area contributed by atoms with Gasteiger partial charge in [0.05, 0.1) is 19.5 Å². The minimum Gasteiger partial charge on any atom is -0.469 e. The zero-order valence-electron chi connectivity index (χ0n) is 8.65. The van der Waals surface area contributed by atoms with Gasteiger partial charge >= 0.3 is 0 Å². The molecule has 0 spiro atoms. The minimum atomic E-state index is 0.190. The molecule has 0 atom stereocenters. The Labute approximate surface area is 88.8 Å². The predicted octanol–water partition coefficient (Wildman–Crippen LogP) is 1.07. The quantitative estimate of drug-likeness (QED) is 0.747. The average molecular weight is 209 g/mol. The first-order valence-corrected chi connectivity index (χ1v) is 5.24. The number of morpholine rings is 1. The number of carbonyl (C=O) groups is 1. The number of nitrogens with zero attached hydrogens (tertiary/aromatic N) is 1. The summed E-state index contributed by atoms with van der Waals surface area (Å²) in [5.74, 6) is 1.06. The topological polar surface area (TPSA) is 42.7 Å². The van der Waals surface area contributed by atoms with Crippen LogP contribution in [0, 0.1) is 0 Å². The zero-order valence-corrected chi connectivity index (χ0v) is 8.65. The van der Waals surface area contributed by atoms with Gasteiger partial charge in [-0.15, -0.1) is 0 Å². The third kappa shape index (κ3) is 2.83. The van der Waals surface area contributed by atoms with E-state index >= 15 is 0 Å². The summed E-state index contributed by atoms with van der Waals surface area (Å²) in [6, 6.07) is 3.74. The molecular formula is C11H15NO3.